The van der Waals surface area contributed by atoms with E-state index in [0.29, 0.717) is 30.0 Å². The van der Waals surface area contributed by atoms with E-state index >= 15 is 0 Å². The second kappa shape index (κ2) is 7.32. The van der Waals surface area contributed by atoms with Crippen molar-refractivity contribution in [3.63, 3.8) is 0 Å². The number of carbonyl (C=O) groups excluding carboxylic acids is 1. The summed E-state index contributed by atoms with van der Waals surface area (Å²) in [5, 5.41) is 22.5. The number of carbonyl (C=O) groups is 1. The van der Waals surface area contributed by atoms with E-state index in [9.17, 15) is 15.0 Å². The highest BCUT2D eigenvalue weighted by molar-refractivity contribution is 5.85. The third-order valence-corrected chi connectivity index (χ3v) is 13.0. The molecular formula is C30H50O4. The number of ketones is 1. The molecule has 1 saturated heterocycles. The Morgan fingerprint density at radius 3 is 2.15 bits per heavy atom. The van der Waals surface area contributed by atoms with Crippen LogP contribution in [-0.4, -0.2) is 39.4 Å². The lowest BCUT2D eigenvalue weighted by atomic mass is 9.35. The van der Waals surface area contributed by atoms with Crippen molar-refractivity contribution in [3.05, 3.63) is 0 Å². The van der Waals surface area contributed by atoms with Crippen LogP contribution in [0.2, 0.25) is 0 Å². The number of hydrogen-bond acceptors (Lipinski definition) is 4. The van der Waals surface area contributed by atoms with E-state index in [2.05, 4.69) is 41.5 Å². The van der Waals surface area contributed by atoms with Crippen molar-refractivity contribution in [2.45, 2.75) is 137 Å². The predicted octanol–water partition coefficient (Wildman–Crippen LogP) is 5.92. The first kappa shape index (κ1) is 25.2. The molecule has 1 heterocycles. The average Bonchev–Trinajstić information content (AvgIpc) is 3.30. The molecule has 1 aliphatic heterocycles. The van der Waals surface area contributed by atoms with Gasteiger partial charge in [-0.1, -0.05) is 34.6 Å². The number of Topliss-reactive ketones (excluding diaryl/α,β-unsaturated/α-hetero) is 1. The molecule has 4 aliphatic carbocycles. The molecule has 2 N–H and O–H groups in total. The Labute approximate surface area is 207 Å². The molecule has 0 aromatic carbocycles. The summed E-state index contributed by atoms with van der Waals surface area (Å²) in [5.41, 5.74) is -1.03. The van der Waals surface area contributed by atoms with Gasteiger partial charge in [0.1, 0.15) is 5.78 Å². The standard InChI is InChI=1S/C30H50O4/c1-25(2)20-10-15-28(6)21(27(20,5)13-11-22(25)32)17-19(31)24-18(9-14-29(24,28)7)30(8)16-12-23(34-30)26(3,4)33/h18-21,23-24,31,33H,9-17H2,1-8H3/t18-,19-,20+,21-,23+,24+,27+,28-,29-,30+/m1/s1. The minimum Gasteiger partial charge on any atom is -0.393 e. The van der Waals surface area contributed by atoms with Crippen LogP contribution in [0.1, 0.15) is 113 Å². The van der Waals surface area contributed by atoms with Crippen molar-refractivity contribution in [2.24, 2.45) is 45.3 Å². The van der Waals surface area contributed by atoms with Crippen molar-refractivity contribution in [1.29, 1.82) is 0 Å². The molecule has 0 spiro atoms. The minimum absolute atomic E-state index is 0.0682. The van der Waals surface area contributed by atoms with E-state index in [-0.39, 0.29) is 45.4 Å². The van der Waals surface area contributed by atoms with Crippen LogP contribution < -0.4 is 0 Å². The van der Waals surface area contributed by atoms with Crippen molar-refractivity contribution in [1.82, 2.24) is 0 Å². The van der Waals surface area contributed by atoms with Crippen molar-refractivity contribution in [2.75, 3.05) is 0 Å². The third kappa shape index (κ3) is 3.09. The molecule has 4 nitrogen and oxygen atoms in total. The van der Waals surface area contributed by atoms with E-state index in [4.69, 9.17) is 4.74 Å². The Bertz CT molecular complexity index is 858. The highest BCUT2D eigenvalue weighted by atomic mass is 16.5. The highest BCUT2D eigenvalue weighted by Crippen LogP contribution is 2.75. The van der Waals surface area contributed by atoms with Gasteiger partial charge in [-0.2, -0.15) is 0 Å². The molecule has 10 atom stereocenters. The van der Waals surface area contributed by atoms with Gasteiger partial charge in [-0.3, -0.25) is 4.79 Å². The zero-order valence-corrected chi connectivity index (χ0v) is 23.0. The second-order valence-electron chi connectivity index (χ2n) is 15.2. The summed E-state index contributed by atoms with van der Waals surface area (Å²) < 4.78 is 6.65. The Morgan fingerprint density at radius 1 is 0.882 bits per heavy atom. The van der Waals surface area contributed by atoms with Gasteiger partial charge in [0.2, 0.25) is 0 Å². The van der Waals surface area contributed by atoms with Crippen LogP contribution in [0, 0.1) is 45.3 Å². The quantitative estimate of drug-likeness (QED) is 0.521. The van der Waals surface area contributed by atoms with E-state index in [1.165, 1.54) is 0 Å². The summed E-state index contributed by atoms with van der Waals surface area (Å²) in [5.74, 6) is 1.85. The fourth-order valence-corrected chi connectivity index (χ4v) is 10.9. The molecule has 0 unspecified atom stereocenters. The number of hydrogen-bond donors (Lipinski definition) is 2. The maximum Gasteiger partial charge on any atom is 0.138 e. The molecule has 34 heavy (non-hydrogen) atoms. The fraction of sp³-hybridized carbons (Fsp3) is 0.967. The van der Waals surface area contributed by atoms with Crippen LogP contribution in [-0.2, 0) is 9.53 Å². The maximum absolute atomic E-state index is 12.9. The minimum atomic E-state index is -0.833. The summed E-state index contributed by atoms with van der Waals surface area (Å²) in [6.07, 6.45) is 8.43. The first-order valence-corrected chi connectivity index (χ1v) is 14.1. The van der Waals surface area contributed by atoms with Gasteiger partial charge < -0.3 is 14.9 Å². The highest BCUT2D eigenvalue weighted by Gasteiger charge is 2.71. The van der Waals surface area contributed by atoms with Crippen LogP contribution in [0.3, 0.4) is 0 Å². The molecule has 0 radical (unpaired) electrons. The lowest BCUT2D eigenvalue weighted by Gasteiger charge is -2.69. The molecular weight excluding hydrogens is 424 g/mol. The summed E-state index contributed by atoms with van der Waals surface area (Å²) >= 11 is 0. The average molecular weight is 475 g/mol. The van der Waals surface area contributed by atoms with Crippen LogP contribution in [0.25, 0.3) is 0 Å². The Morgan fingerprint density at radius 2 is 1.53 bits per heavy atom. The van der Waals surface area contributed by atoms with E-state index < -0.39 is 5.60 Å². The molecule has 0 amide bonds. The summed E-state index contributed by atoms with van der Waals surface area (Å²) in [6, 6.07) is 0. The molecule has 4 saturated carbocycles. The molecule has 5 rings (SSSR count). The zero-order chi connectivity index (χ0) is 25.1. The van der Waals surface area contributed by atoms with Gasteiger partial charge >= 0.3 is 0 Å². The summed E-state index contributed by atoms with van der Waals surface area (Å²) in [4.78, 5) is 12.9. The normalized spacial score (nSPS) is 54.9. The fourth-order valence-electron chi connectivity index (χ4n) is 10.9. The first-order chi connectivity index (χ1) is 15.5. The zero-order valence-electron chi connectivity index (χ0n) is 23.0. The third-order valence-electron chi connectivity index (χ3n) is 13.0. The van der Waals surface area contributed by atoms with Gasteiger partial charge in [-0.05, 0) is 112 Å². The largest absolute Gasteiger partial charge is 0.393 e. The predicted molar refractivity (Wildman–Crippen MR) is 134 cm³/mol. The number of rotatable bonds is 2. The van der Waals surface area contributed by atoms with Gasteiger partial charge in [0.05, 0.1) is 23.4 Å². The van der Waals surface area contributed by atoms with Crippen LogP contribution in [0.15, 0.2) is 0 Å². The van der Waals surface area contributed by atoms with Crippen molar-refractivity contribution in [3.8, 4) is 0 Å². The monoisotopic (exact) mass is 474 g/mol. The molecule has 0 aromatic rings. The van der Waals surface area contributed by atoms with Gasteiger partial charge in [0.25, 0.3) is 0 Å². The maximum atomic E-state index is 12.9. The number of aliphatic hydroxyl groups is 2. The molecule has 194 valence electrons. The number of fused-ring (bicyclic) bond motifs is 5. The van der Waals surface area contributed by atoms with Crippen molar-refractivity contribution >= 4 is 5.78 Å². The van der Waals surface area contributed by atoms with Crippen molar-refractivity contribution < 1.29 is 19.7 Å². The lowest BCUT2D eigenvalue weighted by Crippen LogP contribution is -2.66. The lowest BCUT2D eigenvalue weighted by molar-refractivity contribution is -0.235. The molecule has 5 aliphatic rings. The Balaban J connectivity index is 1.49. The Kier molecular flexibility index (Phi) is 5.42. The van der Waals surface area contributed by atoms with Crippen LogP contribution in [0.4, 0.5) is 0 Å². The molecule has 5 fully saturated rings. The molecule has 4 heteroatoms. The van der Waals surface area contributed by atoms with Crippen LogP contribution >= 0.6 is 0 Å². The smallest absolute Gasteiger partial charge is 0.138 e. The number of aliphatic hydroxyl groups excluding tert-OH is 1. The number of ether oxygens (including phenoxy) is 1. The SMILES string of the molecule is CC(C)(O)[C@@H]1CC[C@@](C)([C@@H]2CC[C@]3(C)[C@@H]2[C@H](O)C[C@@H]2[C@@]4(C)CCC(=O)C(C)(C)[C@@H]4CC[C@]23C)O1. The van der Waals surface area contributed by atoms with Gasteiger partial charge in [0.15, 0.2) is 0 Å². The van der Waals surface area contributed by atoms with Crippen LogP contribution in [0.5, 0.6) is 0 Å². The second-order valence-corrected chi connectivity index (χ2v) is 15.2. The van der Waals surface area contributed by atoms with E-state index in [0.717, 1.165) is 51.4 Å². The Hall–Kier alpha value is -0.450. The molecule has 0 bridgehead atoms. The molecule has 0 aromatic heterocycles. The van der Waals surface area contributed by atoms with E-state index in [1.54, 1.807) is 0 Å². The first-order valence-electron chi connectivity index (χ1n) is 14.1. The summed E-state index contributed by atoms with van der Waals surface area (Å²) in [7, 11) is 0. The van der Waals surface area contributed by atoms with E-state index in [1.807, 2.05) is 13.8 Å². The topological polar surface area (TPSA) is 66.8 Å². The van der Waals surface area contributed by atoms with Gasteiger partial charge in [-0.15, -0.1) is 0 Å². The van der Waals surface area contributed by atoms with Gasteiger partial charge in [-0.25, -0.2) is 0 Å². The summed E-state index contributed by atoms with van der Waals surface area (Å²) in [6.45, 7) is 17.8. The van der Waals surface area contributed by atoms with Gasteiger partial charge in [0, 0.05) is 11.8 Å².